The molecule has 0 aliphatic carbocycles. The van der Waals surface area contributed by atoms with Crippen molar-refractivity contribution in [1.29, 1.82) is 0 Å². The maximum Gasteiger partial charge on any atom is 0.230 e. The van der Waals surface area contributed by atoms with E-state index < -0.39 is 0 Å². The molecule has 0 spiro atoms. The number of amides is 1. The average Bonchev–Trinajstić information content (AvgIpc) is 2.14. The van der Waals surface area contributed by atoms with Crippen molar-refractivity contribution in [3.8, 4) is 0 Å². The standard InChI is InChI=1S/C10H22N2OS/c1-8(2)5-12-10(13)7-14-6-9(3)4-11/h8-9H,4-7,11H2,1-3H3,(H,12,13). The van der Waals surface area contributed by atoms with Gasteiger partial charge in [-0.05, 0) is 24.1 Å². The molecular formula is C10H22N2OS. The summed E-state index contributed by atoms with van der Waals surface area (Å²) in [6.07, 6.45) is 0. The molecule has 0 aromatic heterocycles. The first-order chi connectivity index (χ1) is 6.56. The minimum absolute atomic E-state index is 0.132. The van der Waals surface area contributed by atoms with Crippen LogP contribution in [0.25, 0.3) is 0 Å². The number of thioether (sulfide) groups is 1. The van der Waals surface area contributed by atoms with Crippen LogP contribution in [0.1, 0.15) is 20.8 Å². The second kappa shape index (κ2) is 8.12. The Balaban J connectivity index is 3.35. The minimum Gasteiger partial charge on any atom is -0.355 e. The molecule has 0 aromatic rings. The van der Waals surface area contributed by atoms with E-state index in [9.17, 15) is 4.79 Å². The molecule has 4 heteroatoms. The molecule has 0 aliphatic rings. The fraction of sp³-hybridized carbons (Fsp3) is 0.900. The number of hydrogen-bond donors (Lipinski definition) is 2. The van der Waals surface area contributed by atoms with Gasteiger partial charge in [0.1, 0.15) is 0 Å². The van der Waals surface area contributed by atoms with Gasteiger partial charge in [-0.2, -0.15) is 11.8 Å². The summed E-state index contributed by atoms with van der Waals surface area (Å²) in [6, 6.07) is 0. The fourth-order valence-corrected chi connectivity index (χ4v) is 1.73. The van der Waals surface area contributed by atoms with Gasteiger partial charge in [0.15, 0.2) is 0 Å². The minimum atomic E-state index is 0.132. The summed E-state index contributed by atoms with van der Waals surface area (Å²) < 4.78 is 0. The Hall–Kier alpha value is -0.220. The topological polar surface area (TPSA) is 55.1 Å². The second-order valence-electron chi connectivity index (χ2n) is 4.05. The van der Waals surface area contributed by atoms with Gasteiger partial charge >= 0.3 is 0 Å². The van der Waals surface area contributed by atoms with Crippen LogP contribution in [0.4, 0.5) is 0 Å². The lowest BCUT2D eigenvalue weighted by atomic mass is 10.2. The number of nitrogens with one attached hydrogen (secondary N) is 1. The van der Waals surface area contributed by atoms with E-state index >= 15 is 0 Å². The molecule has 0 rings (SSSR count). The molecule has 0 saturated heterocycles. The first-order valence-corrected chi connectivity index (χ1v) is 6.26. The second-order valence-corrected chi connectivity index (χ2v) is 5.08. The zero-order chi connectivity index (χ0) is 11.0. The fourth-order valence-electron chi connectivity index (χ4n) is 0.790. The lowest BCUT2D eigenvalue weighted by Crippen LogP contribution is -2.29. The van der Waals surface area contributed by atoms with Gasteiger partial charge in [0.05, 0.1) is 5.75 Å². The highest BCUT2D eigenvalue weighted by Gasteiger charge is 2.04. The van der Waals surface area contributed by atoms with Crippen LogP contribution in [0.2, 0.25) is 0 Å². The molecule has 14 heavy (non-hydrogen) atoms. The molecule has 0 fully saturated rings. The highest BCUT2D eigenvalue weighted by molar-refractivity contribution is 7.99. The molecule has 0 aromatic carbocycles. The Kier molecular flexibility index (Phi) is 7.99. The lowest BCUT2D eigenvalue weighted by Gasteiger charge is -2.09. The first-order valence-electron chi connectivity index (χ1n) is 5.10. The Labute approximate surface area is 91.2 Å². The quantitative estimate of drug-likeness (QED) is 0.672. The van der Waals surface area contributed by atoms with Crippen molar-refractivity contribution in [2.45, 2.75) is 20.8 Å². The summed E-state index contributed by atoms with van der Waals surface area (Å²) in [7, 11) is 0. The summed E-state index contributed by atoms with van der Waals surface area (Å²) in [5.74, 6) is 2.67. The van der Waals surface area contributed by atoms with Crippen molar-refractivity contribution in [2.24, 2.45) is 17.6 Å². The zero-order valence-corrected chi connectivity index (χ0v) is 10.2. The van der Waals surface area contributed by atoms with E-state index in [-0.39, 0.29) is 5.91 Å². The monoisotopic (exact) mass is 218 g/mol. The largest absolute Gasteiger partial charge is 0.355 e. The number of carbonyl (C=O) groups excluding carboxylic acids is 1. The molecule has 84 valence electrons. The van der Waals surface area contributed by atoms with Gasteiger partial charge < -0.3 is 11.1 Å². The van der Waals surface area contributed by atoms with Gasteiger partial charge in [-0.25, -0.2) is 0 Å². The predicted molar refractivity (Wildman–Crippen MR) is 63.4 cm³/mol. The van der Waals surface area contributed by atoms with Crippen LogP contribution in [-0.4, -0.2) is 30.5 Å². The van der Waals surface area contributed by atoms with Crippen LogP contribution < -0.4 is 11.1 Å². The molecule has 1 atom stereocenters. The van der Waals surface area contributed by atoms with E-state index in [4.69, 9.17) is 5.73 Å². The molecule has 0 heterocycles. The summed E-state index contributed by atoms with van der Waals surface area (Å²) in [5, 5.41) is 2.88. The number of nitrogens with two attached hydrogens (primary N) is 1. The Morgan fingerprint density at radius 2 is 2.07 bits per heavy atom. The number of carbonyl (C=O) groups is 1. The van der Waals surface area contributed by atoms with Crippen LogP contribution in [0.15, 0.2) is 0 Å². The molecule has 0 saturated carbocycles. The van der Waals surface area contributed by atoms with Crippen molar-refractivity contribution in [2.75, 3.05) is 24.6 Å². The van der Waals surface area contributed by atoms with Gasteiger partial charge in [0.2, 0.25) is 5.91 Å². The molecule has 0 aliphatic heterocycles. The summed E-state index contributed by atoms with van der Waals surface area (Å²) in [5.41, 5.74) is 5.47. The van der Waals surface area contributed by atoms with Gasteiger partial charge in [-0.3, -0.25) is 4.79 Å². The average molecular weight is 218 g/mol. The summed E-state index contributed by atoms with van der Waals surface area (Å²) in [4.78, 5) is 11.3. The molecule has 1 amide bonds. The highest BCUT2D eigenvalue weighted by atomic mass is 32.2. The van der Waals surface area contributed by atoms with Crippen molar-refractivity contribution in [3.05, 3.63) is 0 Å². The van der Waals surface area contributed by atoms with Crippen LogP contribution in [0, 0.1) is 11.8 Å². The first kappa shape index (κ1) is 13.8. The van der Waals surface area contributed by atoms with E-state index in [0.29, 0.717) is 24.1 Å². The smallest absolute Gasteiger partial charge is 0.230 e. The third kappa shape index (κ3) is 8.38. The van der Waals surface area contributed by atoms with Crippen LogP contribution in [0.3, 0.4) is 0 Å². The van der Waals surface area contributed by atoms with E-state index in [2.05, 4.69) is 26.1 Å². The highest BCUT2D eigenvalue weighted by Crippen LogP contribution is 2.06. The van der Waals surface area contributed by atoms with Crippen LogP contribution in [0.5, 0.6) is 0 Å². The zero-order valence-electron chi connectivity index (χ0n) is 9.38. The summed E-state index contributed by atoms with van der Waals surface area (Å²) >= 11 is 1.65. The van der Waals surface area contributed by atoms with E-state index in [0.717, 1.165) is 12.3 Å². The molecule has 3 nitrogen and oxygen atoms in total. The van der Waals surface area contributed by atoms with E-state index in [1.54, 1.807) is 11.8 Å². The van der Waals surface area contributed by atoms with Gasteiger partial charge in [0.25, 0.3) is 0 Å². The van der Waals surface area contributed by atoms with E-state index in [1.165, 1.54) is 0 Å². The normalized spacial score (nSPS) is 12.9. The van der Waals surface area contributed by atoms with Gasteiger partial charge in [0, 0.05) is 6.54 Å². The predicted octanol–water partition coefficient (Wildman–Crippen LogP) is 1.09. The summed E-state index contributed by atoms with van der Waals surface area (Å²) in [6.45, 7) is 7.74. The maximum atomic E-state index is 11.3. The van der Waals surface area contributed by atoms with Crippen LogP contribution in [-0.2, 0) is 4.79 Å². The Morgan fingerprint density at radius 3 is 2.57 bits per heavy atom. The van der Waals surface area contributed by atoms with Crippen molar-refractivity contribution in [3.63, 3.8) is 0 Å². The lowest BCUT2D eigenvalue weighted by molar-refractivity contribution is -0.118. The Bertz CT molecular complexity index is 162. The maximum absolute atomic E-state index is 11.3. The van der Waals surface area contributed by atoms with E-state index in [1.807, 2.05) is 0 Å². The van der Waals surface area contributed by atoms with Crippen LogP contribution >= 0.6 is 11.8 Å². The number of rotatable bonds is 7. The van der Waals surface area contributed by atoms with Gasteiger partial charge in [-0.1, -0.05) is 20.8 Å². The molecule has 0 radical (unpaired) electrons. The van der Waals surface area contributed by atoms with Crippen molar-refractivity contribution < 1.29 is 4.79 Å². The third-order valence-electron chi connectivity index (χ3n) is 1.75. The molecular weight excluding hydrogens is 196 g/mol. The molecule has 1 unspecified atom stereocenters. The Morgan fingerprint density at radius 1 is 1.43 bits per heavy atom. The van der Waals surface area contributed by atoms with Crippen molar-refractivity contribution in [1.82, 2.24) is 5.32 Å². The van der Waals surface area contributed by atoms with Gasteiger partial charge in [-0.15, -0.1) is 0 Å². The van der Waals surface area contributed by atoms with Crippen molar-refractivity contribution >= 4 is 17.7 Å². The third-order valence-corrected chi connectivity index (χ3v) is 3.02. The number of hydrogen-bond acceptors (Lipinski definition) is 3. The molecule has 3 N–H and O–H groups in total. The SMILES string of the molecule is CC(C)CNC(=O)CSCC(C)CN. The molecule has 0 bridgehead atoms.